The zero-order valence-corrected chi connectivity index (χ0v) is 11.5. The van der Waals surface area contributed by atoms with Gasteiger partial charge in [-0.2, -0.15) is 0 Å². The number of carbonyl (C=O) groups is 1. The summed E-state index contributed by atoms with van der Waals surface area (Å²) in [4.78, 5) is 15.8. The number of carbonyl (C=O) groups excluding carboxylic acids is 1. The molecule has 1 aliphatic rings. The summed E-state index contributed by atoms with van der Waals surface area (Å²) in [6.45, 7) is 6.11. The van der Waals surface area contributed by atoms with Crippen LogP contribution in [0.5, 0.6) is 0 Å². The third-order valence-electron chi connectivity index (χ3n) is 3.31. The number of rotatable bonds is 6. The Bertz CT molecular complexity index is 354. The molecule has 1 fully saturated rings. The number of thiophene rings is 1. The van der Waals surface area contributed by atoms with Gasteiger partial charge in [-0.05, 0) is 30.7 Å². The molecule has 1 heterocycles. The first-order chi connectivity index (χ1) is 8.27. The monoisotopic (exact) mass is 251 g/mol. The summed E-state index contributed by atoms with van der Waals surface area (Å²) in [6.07, 6.45) is 3.17. The van der Waals surface area contributed by atoms with E-state index in [2.05, 4.69) is 36.3 Å². The van der Waals surface area contributed by atoms with Crippen LogP contribution >= 0.6 is 11.3 Å². The predicted octanol–water partition coefficient (Wildman–Crippen LogP) is 3.50. The lowest BCUT2D eigenvalue weighted by atomic mass is 10.2. The van der Waals surface area contributed by atoms with Crippen LogP contribution in [0.2, 0.25) is 0 Å². The first-order valence-corrected chi connectivity index (χ1v) is 7.48. The molecule has 17 heavy (non-hydrogen) atoms. The van der Waals surface area contributed by atoms with Crippen molar-refractivity contribution in [3.8, 4) is 0 Å². The van der Waals surface area contributed by atoms with Crippen LogP contribution in [0.15, 0.2) is 17.5 Å². The van der Waals surface area contributed by atoms with E-state index in [1.165, 1.54) is 4.88 Å². The Labute approximate surface area is 108 Å². The highest BCUT2D eigenvalue weighted by Crippen LogP contribution is 2.49. The normalized spacial score (nSPS) is 22.5. The summed E-state index contributed by atoms with van der Waals surface area (Å²) in [5.74, 6) is 1.16. The van der Waals surface area contributed by atoms with Gasteiger partial charge >= 0.3 is 0 Å². The maximum atomic E-state index is 12.3. The van der Waals surface area contributed by atoms with Crippen molar-refractivity contribution in [3.63, 3.8) is 0 Å². The molecule has 1 saturated carbocycles. The van der Waals surface area contributed by atoms with E-state index in [0.717, 1.165) is 32.4 Å². The van der Waals surface area contributed by atoms with Crippen LogP contribution in [-0.2, 0) is 4.79 Å². The molecule has 0 saturated heterocycles. The molecule has 1 amide bonds. The molecule has 3 heteroatoms. The maximum absolute atomic E-state index is 12.3. The second-order valence-corrected chi connectivity index (χ2v) is 5.77. The molecule has 1 aromatic heterocycles. The average molecular weight is 251 g/mol. The zero-order valence-electron chi connectivity index (χ0n) is 10.7. The summed E-state index contributed by atoms with van der Waals surface area (Å²) < 4.78 is 0. The Morgan fingerprint density at radius 3 is 2.65 bits per heavy atom. The van der Waals surface area contributed by atoms with Crippen LogP contribution in [0.1, 0.15) is 43.9 Å². The van der Waals surface area contributed by atoms with Crippen molar-refractivity contribution in [2.75, 3.05) is 13.1 Å². The van der Waals surface area contributed by atoms with E-state index < -0.39 is 0 Å². The average Bonchev–Trinajstić information content (AvgIpc) is 2.94. The van der Waals surface area contributed by atoms with Crippen molar-refractivity contribution in [1.29, 1.82) is 0 Å². The highest BCUT2D eigenvalue weighted by atomic mass is 32.1. The van der Waals surface area contributed by atoms with Gasteiger partial charge in [0.1, 0.15) is 0 Å². The Kier molecular flexibility index (Phi) is 4.21. The van der Waals surface area contributed by atoms with Gasteiger partial charge in [0.05, 0.1) is 0 Å². The van der Waals surface area contributed by atoms with Gasteiger partial charge in [0.15, 0.2) is 0 Å². The lowest BCUT2D eigenvalue weighted by molar-refractivity contribution is -0.132. The van der Waals surface area contributed by atoms with Gasteiger partial charge in [-0.1, -0.05) is 19.9 Å². The quantitative estimate of drug-likeness (QED) is 0.757. The molecule has 0 N–H and O–H groups in total. The first-order valence-electron chi connectivity index (χ1n) is 6.60. The van der Waals surface area contributed by atoms with Gasteiger partial charge in [0.2, 0.25) is 5.91 Å². The topological polar surface area (TPSA) is 20.3 Å². The molecule has 1 aromatic rings. The fourth-order valence-corrected chi connectivity index (χ4v) is 3.30. The zero-order chi connectivity index (χ0) is 12.3. The number of hydrogen-bond donors (Lipinski definition) is 0. The first kappa shape index (κ1) is 12.6. The van der Waals surface area contributed by atoms with Gasteiger partial charge in [-0.15, -0.1) is 11.3 Å². The molecule has 2 atom stereocenters. The fourth-order valence-electron chi connectivity index (χ4n) is 2.39. The third kappa shape index (κ3) is 2.89. The SMILES string of the molecule is CCCN(CCC)C(=O)C1CC1c1cccs1. The highest BCUT2D eigenvalue weighted by molar-refractivity contribution is 7.10. The van der Waals surface area contributed by atoms with Crippen molar-refractivity contribution in [2.24, 2.45) is 5.92 Å². The van der Waals surface area contributed by atoms with Crippen molar-refractivity contribution in [1.82, 2.24) is 4.90 Å². The summed E-state index contributed by atoms with van der Waals surface area (Å²) in [5.41, 5.74) is 0. The van der Waals surface area contributed by atoms with Gasteiger partial charge < -0.3 is 4.90 Å². The van der Waals surface area contributed by atoms with E-state index in [1.807, 2.05) is 0 Å². The van der Waals surface area contributed by atoms with Gasteiger partial charge in [-0.25, -0.2) is 0 Å². The Hall–Kier alpha value is -0.830. The van der Waals surface area contributed by atoms with Crippen LogP contribution in [0.4, 0.5) is 0 Å². The van der Waals surface area contributed by atoms with Crippen molar-refractivity contribution in [2.45, 2.75) is 39.0 Å². The minimum Gasteiger partial charge on any atom is -0.342 e. The van der Waals surface area contributed by atoms with Gasteiger partial charge in [0.25, 0.3) is 0 Å². The number of amides is 1. The number of nitrogens with zero attached hydrogens (tertiary/aromatic N) is 1. The Morgan fingerprint density at radius 1 is 1.41 bits per heavy atom. The van der Waals surface area contributed by atoms with Gasteiger partial charge in [0, 0.05) is 29.8 Å². The van der Waals surface area contributed by atoms with Crippen LogP contribution < -0.4 is 0 Å². The van der Waals surface area contributed by atoms with E-state index >= 15 is 0 Å². The minimum atomic E-state index is 0.270. The van der Waals surface area contributed by atoms with Crippen LogP contribution in [0.25, 0.3) is 0 Å². The minimum absolute atomic E-state index is 0.270. The van der Waals surface area contributed by atoms with Crippen molar-refractivity contribution in [3.05, 3.63) is 22.4 Å². The second-order valence-electron chi connectivity index (χ2n) is 4.79. The van der Waals surface area contributed by atoms with Crippen molar-refractivity contribution >= 4 is 17.2 Å². The van der Waals surface area contributed by atoms with E-state index in [1.54, 1.807) is 11.3 Å². The second kappa shape index (κ2) is 5.67. The molecular formula is C14H21NOS. The largest absolute Gasteiger partial charge is 0.342 e. The molecule has 2 nitrogen and oxygen atoms in total. The molecule has 0 radical (unpaired) electrons. The third-order valence-corrected chi connectivity index (χ3v) is 4.32. The van der Waals surface area contributed by atoms with Gasteiger partial charge in [-0.3, -0.25) is 4.79 Å². The van der Waals surface area contributed by atoms with Crippen molar-refractivity contribution < 1.29 is 4.79 Å². The molecule has 2 rings (SSSR count). The summed E-state index contributed by atoms with van der Waals surface area (Å²) in [6, 6.07) is 4.24. The molecule has 2 unspecified atom stereocenters. The highest BCUT2D eigenvalue weighted by Gasteiger charge is 2.45. The van der Waals surface area contributed by atoms with E-state index in [0.29, 0.717) is 11.8 Å². The molecule has 94 valence electrons. The Morgan fingerprint density at radius 2 is 2.12 bits per heavy atom. The van der Waals surface area contributed by atoms with E-state index in [4.69, 9.17) is 0 Å². The van der Waals surface area contributed by atoms with E-state index in [9.17, 15) is 4.79 Å². The van der Waals surface area contributed by atoms with E-state index in [-0.39, 0.29) is 5.92 Å². The summed E-state index contributed by atoms with van der Waals surface area (Å²) in [7, 11) is 0. The molecular weight excluding hydrogens is 230 g/mol. The van der Waals surface area contributed by atoms with Crippen LogP contribution in [0.3, 0.4) is 0 Å². The van der Waals surface area contributed by atoms with Crippen LogP contribution in [-0.4, -0.2) is 23.9 Å². The molecule has 0 bridgehead atoms. The molecule has 0 aromatic carbocycles. The summed E-state index contributed by atoms with van der Waals surface area (Å²) in [5, 5.41) is 2.10. The predicted molar refractivity (Wildman–Crippen MR) is 72.3 cm³/mol. The summed E-state index contributed by atoms with van der Waals surface area (Å²) >= 11 is 1.78. The molecule has 1 aliphatic carbocycles. The Balaban J connectivity index is 1.92. The van der Waals surface area contributed by atoms with Crippen LogP contribution in [0, 0.1) is 5.92 Å². The maximum Gasteiger partial charge on any atom is 0.226 e. The fraction of sp³-hybridized carbons (Fsp3) is 0.643. The number of hydrogen-bond acceptors (Lipinski definition) is 2. The smallest absolute Gasteiger partial charge is 0.226 e. The lowest BCUT2D eigenvalue weighted by Gasteiger charge is -2.21. The lowest BCUT2D eigenvalue weighted by Crippen LogP contribution is -2.33. The molecule has 0 aliphatic heterocycles. The molecule has 0 spiro atoms. The standard InChI is InChI=1S/C14H21NOS/c1-3-7-15(8-4-2)14(16)12-10-11(12)13-6-5-9-17-13/h5-6,9,11-12H,3-4,7-8,10H2,1-2H3.